The van der Waals surface area contributed by atoms with E-state index >= 15 is 8.42 Å². The summed E-state index contributed by atoms with van der Waals surface area (Å²) in [5.74, 6) is 0.874. The first-order valence-electron chi connectivity index (χ1n) is 16.6. The topological polar surface area (TPSA) is 94.9 Å². The van der Waals surface area contributed by atoms with Gasteiger partial charge < -0.3 is 15.1 Å². The van der Waals surface area contributed by atoms with E-state index in [1.165, 1.54) is 0 Å². The lowest BCUT2D eigenvalue weighted by atomic mass is 9.44. The SMILES string of the molecule is CC(CCC(=O)O)[C@H]1CC[C@H]2[C@H]3[C@H](CC[C@]12C)[C@@]1(C)CC[C@@H](O)C[C@H]1C[C@@H]3S(=O)(=O)c1cccc2c(N(C)C)cccc12. The van der Waals surface area contributed by atoms with Crippen LogP contribution < -0.4 is 4.90 Å². The number of aliphatic hydroxyl groups excluding tert-OH is 1. The van der Waals surface area contributed by atoms with Gasteiger partial charge in [0.1, 0.15) is 0 Å². The number of benzene rings is 2. The molecule has 2 aromatic rings. The van der Waals surface area contributed by atoms with Gasteiger partial charge in [-0.25, -0.2) is 8.42 Å². The van der Waals surface area contributed by atoms with E-state index in [0.717, 1.165) is 55.0 Å². The summed E-state index contributed by atoms with van der Waals surface area (Å²) in [6.07, 6.45) is 7.80. The van der Waals surface area contributed by atoms with Crippen LogP contribution in [0.4, 0.5) is 5.69 Å². The molecular formula is C36H51NO5S. The predicted octanol–water partition coefficient (Wildman–Crippen LogP) is 7.18. The second kappa shape index (κ2) is 11.0. The molecule has 7 heteroatoms. The van der Waals surface area contributed by atoms with Crippen LogP contribution in [0.1, 0.15) is 85.0 Å². The van der Waals surface area contributed by atoms with E-state index < -0.39 is 21.1 Å². The first kappa shape index (κ1) is 30.9. The number of hydrogen-bond donors (Lipinski definition) is 2. The minimum Gasteiger partial charge on any atom is -0.481 e. The molecule has 236 valence electrons. The molecule has 0 amide bonds. The quantitative estimate of drug-likeness (QED) is 0.345. The molecule has 4 aliphatic carbocycles. The molecule has 0 bridgehead atoms. The molecule has 2 N–H and O–H groups in total. The zero-order valence-corrected chi connectivity index (χ0v) is 27.4. The highest BCUT2D eigenvalue weighted by molar-refractivity contribution is 7.92. The van der Waals surface area contributed by atoms with Crippen molar-refractivity contribution in [1.82, 2.24) is 0 Å². The van der Waals surface area contributed by atoms with E-state index in [2.05, 4.69) is 20.8 Å². The van der Waals surface area contributed by atoms with Crippen LogP contribution in [-0.4, -0.2) is 50.0 Å². The summed E-state index contributed by atoms with van der Waals surface area (Å²) in [7, 11) is 0.289. The number of rotatable bonds is 7. The van der Waals surface area contributed by atoms with Gasteiger partial charge in [-0.05, 0) is 116 Å². The summed E-state index contributed by atoms with van der Waals surface area (Å²) in [5.41, 5.74) is 1.07. The molecule has 0 aliphatic heterocycles. The summed E-state index contributed by atoms with van der Waals surface area (Å²) in [5, 5.41) is 21.4. The van der Waals surface area contributed by atoms with Crippen molar-refractivity contribution in [3.05, 3.63) is 36.4 Å². The summed E-state index contributed by atoms with van der Waals surface area (Å²) in [4.78, 5) is 13.9. The third kappa shape index (κ3) is 4.92. The van der Waals surface area contributed by atoms with Gasteiger partial charge in [0.15, 0.2) is 9.84 Å². The second-order valence-corrected chi connectivity index (χ2v) is 17.5. The van der Waals surface area contributed by atoms with Crippen molar-refractivity contribution in [3.63, 3.8) is 0 Å². The molecule has 10 atom stereocenters. The van der Waals surface area contributed by atoms with Crippen LogP contribution >= 0.6 is 0 Å². The van der Waals surface area contributed by atoms with Crippen molar-refractivity contribution < 1.29 is 23.4 Å². The molecule has 2 aromatic carbocycles. The van der Waals surface area contributed by atoms with Crippen LogP contribution in [0.25, 0.3) is 10.8 Å². The Morgan fingerprint density at radius 2 is 1.63 bits per heavy atom. The van der Waals surface area contributed by atoms with Crippen LogP contribution in [0.3, 0.4) is 0 Å². The van der Waals surface area contributed by atoms with Gasteiger partial charge in [-0.2, -0.15) is 0 Å². The zero-order chi connectivity index (χ0) is 30.9. The first-order chi connectivity index (χ1) is 20.3. The van der Waals surface area contributed by atoms with E-state index in [-0.39, 0.29) is 35.2 Å². The number of sulfone groups is 1. The molecule has 6 nitrogen and oxygen atoms in total. The molecule has 0 saturated heterocycles. The lowest BCUT2D eigenvalue weighted by molar-refractivity contribution is -0.138. The van der Waals surface area contributed by atoms with E-state index in [9.17, 15) is 15.0 Å². The molecule has 0 spiro atoms. The van der Waals surface area contributed by atoms with Gasteiger partial charge in [0.05, 0.1) is 16.2 Å². The average Bonchev–Trinajstić information content (AvgIpc) is 3.32. The molecule has 4 aliphatic rings. The summed E-state index contributed by atoms with van der Waals surface area (Å²) in [6.45, 7) is 7.05. The van der Waals surface area contributed by atoms with E-state index in [0.29, 0.717) is 47.8 Å². The van der Waals surface area contributed by atoms with Gasteiger partial charge in [0, 0.05) is 37.0 Å². The Kier molecular flexibility index (Phi) is 7.93. The van der Waals surface area contributed by atoms with Crippen LogP contribution in [0, 0.1) is 46.3 Å². The Hall–Kier alpha value is -2.12. The number of nitrogens with zero attached hydrogens (tertiary/aromatic N) is 1. The van der Waals surface area contributed by atoms with Gasteiger partial charge >= 0.3 is 5.97 Å². The van der Waals surface area contributed by atoms with Crippen LogP contribution in [0.2, 0.25) is 0 Å². The Morgan fingerprint density at radius 3 is 2.35 bits per heavy atom. The minimum absolute atomic E-state index is 0.0150. The molecule has 0 aromatic heterocycles. The minimum atomic E-state index is -3.70. The average molecular weight is 610 g/mol. The van der Waals surface area contributed by atoms with Crippen LogP contribution in [0.5, 0.6) is 0 Å². The predicted molar refractivity (Wildman–Crippen MR) is 172 cm³/mol. The normalized spacial score (nSPS) is 38.1. The molecule has 1 unspecified atom stereocenters. The largest absolute Gasteiger partial charge is 0.481 e. The molecule has 6 rings (SSSR count). The number of carboxylic acid groups (broad SMARTS) is 1. The molecule has 4 saturated carbocycles. The van der Waals surface area contributed by atoms with Gasteiger partial charge in [-0.1, -0.05) is 45.0 Å². The van der Waals surface area contributed by atoms with E-state index in [1.54, 1.807) is 0 Å². The van der Waals surface area contributed by atoms with Gasteiger partial charge in [0.25, 0.3) is 0 Å². The van der Waals surface area contributed by atoms with E-state index in [4.69, 9.17) is 0 Å². The van der Waals surface area contributed by atoms with Crippen molar-refractivity contribution in [2.45, 2.75) is 101 Å². The van der Waals surface area contributed by atoms with Crippen molar-refractivity contribution in [1.29, 1.82) is 0 Å². The summed E-state index contributed by atoms with van der Waals surface area (Å²) >= 11 is 0. The maximum absolute atomic E-state index is 15.1. The number of carboxylic acids is 1. The molecule has 0 radical (unpaired) electrons. The number of hydrogen-bond acceptors (Lipinski definition) is 5. The van der Waals surface area contributed by atoms with Crippen molar-refractivity contribution in [2.24, 2.45) is 46.3 Å². The lowest BCUT2D eigenvalue weighted by Gasteiger charge is -2.63. The van der Waals surface area contributed by atoms with Crippen LogP contribution in [-0.2, 0) is 14.6 Å². The lowest BCUT2D eigenvalue weighted by Crippen LogP contribution is -2.60. The van der Waals surface area contributed by atoms with E-state index in [1.807, 2.05) is 55.4 Å². The fourth-order valence-corrected chi connectivity index (χ4v) is 13.5. The summed E-state index contributed by atoms with van der Waals surface area (Å²) < 4.78 is 30.3. The number of carbonyl (C=O) groups is 1. The monoisotopic (exact) mass is 609 g/mol. The Morgan fingerprint density at radius 1 is 0.953 bits per heavy atom. The Labute approximate surface area is 258 Å². The smallest absolute Gasteiger partial charge is 0.303 e. The highest BCUT2D eigenvalue weighted by Gasteiger charge is 2.65. The van der Waals surface area contributed by atoms with Gasteiger partial charge in [-0.3, -0.25) is 4.79 Å². The Bertz CT molecular complexity index is 1490. The van der Waals surface area contributed by atoms with Crippen molar-refractivity contribution >= 4 is 32.3 Å². The maximum Gasteiger partial charge on any atom is 0.303 e. The van der Waals surface area contributed by atoms with Crippen LogP contribution in [0.15, 0.2) is 41.3 Å². The molecule has 0 heterocycles. The number of aliphatic hydroxyl groups is 1. The number of aliphatic carboxylic acids is 1. The highest BCUT2D eigenvalue weighted by atomic mass is 32.2. The number of fused-ring (bicyclic) bond motifs is 6. The third-order valence-electron chi connectivity index (χ3n) is 13.3. The Balaban J connectivity index is 1.45. The molecule has 43 heavy (non-hydrogen) atoms. The number of anilines is 1. The zero-order valence-electron chi connectivity index (χ0n) is 26.6. The van der Waals surface area contributed by atoms with Crippen molar-refractivity contribution in [2.75, 3.05) is 19.0 Å². The first-order valence-corrected chi connectivity index (χ1v) is 18.2. The molecular weight excluding hydrogens is 558 g/mol. The maximum atomic E-state index is 15.1. The highest BCUT2D eigenvalue weighted by Crippen LogP contribution is 2.69. The summed E-state index contributed by atoms with van der Waals surface area (Å²) in [6, 6.07) is 11.7. The molecule has 4 fully saturated rings. The van der Waals surface area contributed by atoms with Crippen molar-refractivity contribution in [3.8, 4) is 0 Å². The fourth-order valence-electron chi connectivity index (χ4n) is 11.1. The standard InChI is InChI=1S/C36H51NO5S/c1-22(12-15-33(39)40)27-13-14-28-34-29(17-19-36(27,28)3)35(2)18-16-24(38)20-23(35)21-32(34)43(41,42)31-11-7-8-25-26(31)9-6-10-30(25)37(4)5/h6-11,22-24,27-29,32,34,38H,12-21H2,1-5H3,(H,39,40)/t22?,23-,24+,27+,28-,29-,32-,34-,35-,36+/m0/s1. The second-order valence-electron chi connectivity index (χ2n) is 15.4. The third-order valence-corrected chi connectivity index (χ3v) is 15.5. The van der Waals surface area contributed by atoms with Gasteiger partial charge in [0.2, 0.25) is 0 Å². The van der Waals surface area contributed by atoms with Gasteiger partial charge in [-0.15, -0.1) is 0 Å². The fraction of sp³-hybridized carbons (Fsp3) is 0.694.